The Bertz CT molecular complexity index is 467. The Morgan fingerprint density at radius 1 is 0.708 bits per heavy atom. The predicted molar refractivity (Wildman–Crippen MR) is 89.9 cm³/mol. The summed E-state index contributed by atoms with van der Waals surface area (Å²) in [5.74, 6) is 0. The molecular weight excluding hydrogens is 347 g/mol. The average Bonchev–Trinajstić information content (AvgIpc) is 2.91. The van der Waals surface area contributed by atoms with E-state index in [-0.39, 0.29) is 33.0 Å². The van der Waals surface area contributed by atoms with Crippen molar-refractivity contribution in [3.05, 3.63) is 48.8 Å². The van der Waals surface area contributed by atoms with Gasteiger partial charge in [-0.25, -0.2) is 6.07 Å². The van der Waals surface area contributed by atoms with Crippen molar-refractivity contribution in [2.24, 2.45) is 0 Å². The molecule has 137 valence electrons. The molecule has 0 saturated heterocycles. The zero-order chi connectivity index (χ0) is 19.6. The van der Waals surface area contributed by atoms with Crippen LogP contribution in [0.4, 0.5) is 0 Å². The molecular formula is C20H29CoO3-. The molecule has 0 bridgehead atoms. The standard InChI is InChI=1S/C17H29.3CO.Co/c1-15(2,3)12-10-13(16(4,5)6)14(11-12)17(7,8)9;3*1-2;/h10-11H,1-9H3;;;;/q-1;;;;. The number of hydrogen-bond acceptors (Lipinski definition) is 0. The molecule has 0 amide bonds. The van der Waals surface area contributed by atoms with Crippen molar-refractivity contribution < 1.29 is 30.7 Å². The van der Waals surface area contributed by atoms with Crippen LogP contribution in [-0.2, 0) is 47.0 Å². The van der Waals surface area contributed by atoms with Crippen LogP contribution in [0.15, 0.2) is 12.1 Å². The maximum atomic E-state index is 7.50. The van der Waals surface area contributed by atoms with Gasteiger partial charge in [0.2, 0.25) is 0 Å². The van der Waals surface area contributed by atoms with Gasteiger partial charge in [-0.2, -0.15) is 17.2 Å². The van der Waals surface area contributed by atoms with E-state index in [4.69, 9.17) is 14.0 Å². The summed E-state index contributed by atoms with van der Waals surface area (Å²) in [6.45, 7) is 34.2. The summed E-state index contributed by atoms with van der Waals surface area (Å²) in [6.07, 6.45) is 0. The minimum absolute atomic E-state index is 0. The monoisotopic (exact) mass is 376 g/mol. The van der Waals surface area contributed by atoms with Crippen LogP contribution in [-0.4, -0.2) is 0 Å². The van der Waals surface area contributed by atoms with Crippen LogP contribution >= 0.6 is 0 Å². The van der Waals surface area contributed by atoms with Gasteiger partial charge in [0.1, 0.15) is 0 Å². The van der Waals surface area contributed by atoms with Gasteiger partial charge in [-0.3, -0.25) is 0 Å². The maximum absolute atomic E-state index is 7.50. The first kappa shape index (κ1) is 30.9. The van der Waals surface area contributed by atoms with Crippen LogP contribution in [0.1, 0.15) is 79.0 Å². The van der Waals surface area contributed by atoms with Gasteiger partial charge in [-0.1, -0.05) is 73.1 Å². The quantitative estimate of drug-likeness (QED) is 0.442. The summed E-state index contributed by atoms with van der Waals surface area (Å²) in [7, 11) is 0. The van der Waals surface area contributed by atoms with Crippen molar-refractivity contribution in [3.8, 4) is 0 Å². The van der Waals surface area contributed by atoms with Gasteiger partial charge in [0, 0.05) is 16.8 Å². The van der Waals surface area contributed by atoms with Gasteiger partial charge in [-0.05, 0) is 5.41 Å². The fraction of sp³-hybridized carbons (Fsp3) is 0.600. The predicted octanol–water partition coefficient (Wildman–Crippen LogP) is 5.18. The third-order valence-corrected chi connectivity index (χ3v) is 3.37. The van der Waals surface area contributed by atoms with Gasteiger partial charge >= 0.3 is 33.9 Å². The molecule has 0 heterocycles. The van der Waals surface area contributed by atoms with Crippen molar-refractivity contribution in [1.29, 1.82) is 0 Å². The van der Waals surface area contributed by atoms with E-state index in [1.165, 1.54) is 16.7 Å². The van der Waals surface area contributed by atoms with E-state index in [0.29, 0.717) is 0 Å². The average molecular weight is 376 g/mol. The minimum atomic E-state index is 0. The van der Waals surface area contributed by atoms with Gasteiger partial charge in [0.25, 0.3) is 0 Å². The van der Waals surface area contributed by atoms with Crippen molar-refractivity contribution in [2.75, 3.05) is 0 Å². The molecule has 1 rings (SSSR count). The molecule has 0 N–H and O–H groups in total. The third kappa shape index (κ3) is 10.0. The van der Waals surface area contributed by atoms with Crippen molar-refractivity contribution in [2.45, 2.75) is 78.6 Å². The molecule has 4 heteroatoms. The Kier molecular flexibility index (Phi) is 16.0. The molecule has 1 radical (unpaired) electrons. The summed E-state index contributed by atoms with van der Waals surface area (Å²) in [4.78, 5) is 0. The van der Waals surface area contributed by atoms with Crippen molar-refractivity contribution >= 4 is 0 Å². The van der Waals surface area contributed by atoms with E-state index in [0.717, 1.165) is 0 Å². The van der Waals surface area contributed by atoms with Crippen LogP contribution in [0.5, 0.6) is 0 Å². The molecule has 0 aliphatic rings. The van der Waals surface area contributed by atoms with Gasteiger partial charge in [0.05, 0.1) is 0 Å². The van der Waals surface area contributed by atoms with Crippen molar-refractivity contribution in [1.82, 2.24) is 0 Å². The molecule has 1 aromatic rings. The van der Waals surface area contributed by atoms with Crippen LogP contribution in [0.2, 0.25) is 0 Å². The van der Waals surface area contributed by atoms with Crippen molar-refractivity contribution in [3.63, 3.8) is 0 Å². The molecule has 0 aromatic heterocycles. The maximum Gasteiger partial charge on any atom is 0 e. The summed E-state index contributed by atoms with van der Waals surface area (Å²) < 4.78 is 22.5. The fourth-order valence-electron chi connectivity index (χ4n) is 2.18. The first-order valence-electron chi connectivity index (χ1n) is 7.27. The number of hydrogen-bond donors (Lipinski definition) is 0. The Balaban J connectivity index is -0.000000256. The second kappa shape index (κ2) is 12.4. The zero-order valence-corrected chi connectivity index (χ0v) is 17.3. The fourth-order valence-corrected chi connectivity index (χ4v) is 2.18. The molecule has 0 fully saturated rings. The van der Waals surface area contributed by atoms with Crippen LogP contribution in [0.3, 0.4) is 0 Å². The second-order valence-electron chi connectivity index (χ2n) is 8.32. The Labute approximate surface area is 158 Å². The van der Waals surface area contributed by atoms with Gasteiger partial charge < -0.3 is 0 Å². The van der Waals surface area contributed by atoms with E-state index in [2.05, 4.69) is 94.4 Å². The zero-order valence-electron chi connectivity index (χ0n) is 16.2. The largest absolute Gasteiger partial charge is 0 e. The van der Waals surface area contributed by atoms with E-state index >= 15 is 0 Å². The van der Waals surface area contributed by atoms with E-state index < -0.39 is 0 Å². The summed E-state index contributed by atoms with van der Waals surface area (Å²) >= 11 is 0. The molecule has 3 nitrogen and oxygen atoms in total. The van der Waals surface area contributed by atoms with Crippen LogP contribution < -0.4 is 0 Å². The topological polar surface area (TPSA) is 59.7 Å². The van der Waals surface area contributed by atoms with E-state index in [9.17, 15) is 0 Å². The molecule has 0 unspecified atom stereocenters. The van der Waals surface area contributed by atoms with Gasteiger partial charge in [0.15, 0.2) is 0 Å². The first-order valence-corrected chi connectivity index (χ1v) is 7.27. The summed E-state index contributed by atoms with van der Waals surface area (Å²) in [5, 5.41) is 0. The second-order valence-corrected chi connectivity index (χ2v) is 8.32. The Morgan fingerprint density at radius 3 is 1.21 bits per heavy atom. The summed E-state index contributed by atoms with van der Waals surface area (Å²) in [5.41, 5.74) is 5.18. The third-order valence-electron chi connectivity index (χ3n) is 3.37. The number of rotatable bonds is 0. The molecule has 0 aliphatic heterocycles. The smallest absolute Gasteiger partial charge is 0 e. The van der Waals surface area contributed by atoms with Crippen LogP contribution in [0, 0.1) is 20.0 Å². The first-order chi connectivity index (χ1) is 10.3. The summed E-state index contributed by atoms with van der Waals surface area (Å²) in [6, 6.07) is 4.83. The SMILES string of the molecule is CC(C)(C)c1cc(C(C)(C)C)[c-](C(C)(C)C)c1.[C-]#[O+].[C-]#[O+].[C-]#[O+].[Co]. The molecule has 0 saturated carbocycles. The normalized spacial score (nSPS) is 10.3. The Morgan fingerprint density at radius 2 is 1.04 bits per heavy atom. The molecule has 24 heavy (non-hydrogen) atoms. The molecule has 1 aromatic carbocycles. The van der Waals surface area contributed by atoms with Gasteiger partial charge in [-0.15, -0.1) is 5.56 Å². The molecule has 0 spiro atoms. The van der Waals surface area contributed by atoms with Crippen LogP contribution in [0.25, 0.3) is 0 Å². The van der Waals surface area contributed by atoms with E-state index in [1.54, 1.807) is 0 Å². The molecule has 0 atom stereocenters. The van der Waals surface area contributed by atoms with E-state index in [1.807, 2.05) is 0 Å². The molecule has 0 aliphatic carbocycles. The Hall–Kier alpha value is -0.924. The minimum Gasteiger partial charge on any atom is 0 e.